The molecule has 1 aromatic heterocycles. The van der Waals surface area contributed by atoms with Crippen LogP contribution in [0.15, 0.2) is 23.0 Å². The molecular weight excluding hydrogens is 412 g/mol. The second-order valence-corrected chi connectivity index (χ2v) is 8.41. The summed E-state index contributed by atoms with van der Waals surface area (Å²) in [6.45, 7) is 4.92. The summed E-state index contributed by atoms with van der Waals surface area (Å²) in [5, 5.41) is 5.43. The van der Waals surface area contributed by atoms with Gasteiger partial charge in [-0.3, -0.25) is 24.2 Å². The number of hydrogen-bond acceptors (Lipinski definition) is 6. The molecule has 4 rings (SSSR count). The van der Waals surface area contributed by atoms with Crippen molar-refractivity contribution >= 4 is 35.2 Å². The minimum Gasteiger partial charge on any atom is -0.369 e. The van der Waals surface area contributed by atoms with Crippen LogP contribution < -0.4 is 26.8 Å². The Kier molecular flexibility index (Phi) is 5.68. The molecule has 168 valence electrons. The van der Waals surface area contributed by atoms with E-state index >= 15 is 0 Å². The van der Waals surface area contributed by atoms with E-state index in [0.29, 0.717) is 37.6 Å². The number of hydrogen-bond donors (Lipinski definition) is 4. The third-order valence-electron chi connectivity index (χ3n) is 6.23. The summed E-state index contributed by atoms with van der Waals surface area (Å²) in [6.07, 6.45) is 0.977. The van der Waals surface area contributed by atoms with Crippen LogP contribution in [-0.4, -0.2) is 40.8 Å². The minimum atomic E-state index is -0.953. The molecule has 32 heavy (non-hydrogen) atoms. The number of fused-ring (bicyclic) bond motifs is 1. The Morgan fingerprint density at radius 1 is 1.16 bits per heavy atom. The molecule has 3 heterocycles. The molecule has 0 saturated carbocycles. The van der Waals surface area contributed by atoms with E-state index in [1.54, 1.807) is 6.07 Å². The van der Waals surface area contributed by atoms with Gasteiger partial charge in [0.25, 0.3) is 5.56 Å². The molecule has 10 heteroatoms. The molecule has 5 N–H and O–H groups in total. The lowest BCUT2D eigenvalue weighted by Gasteiger charge is -2.32. The van der Waals surface area contributed by atoms with E-state index in [-0.39, 0.29) is 35.5 Å². The van der Waals surface area contributed by atoms with E-state index in [1.807, 2.05) is 30.9 Å². The number of benzene rings is 1. The monoisotopic (exact) mass is 438 g/mol. The molecule has 0 unspecified atom stereocenters. The largest absolute Gasteiger partial charge is 0.369 e. The molecule has 10 nitrogen and oxygen atoms in total. The highest BCUT2D eigenvalue weighted by molar-refractivity contribution is 6.04. The summed E-state index contributed by atoms with van der Waals surface area (Å²) >= 11 is 0. The summed E-state index contributed by atoms with van der Waals surface area (Å²) in [5.41, 5.74) is 7.77. The number of rotatable bonds is 4. The number of H-pyrrole nitrogens is 1. The molecule has 2 aliphatic heterocycles. The maximum absolute atomic E-state index is 13.0. The van der Waals surface area contributed by atoms with Crippen molar-refractivity contribution in [3.8, 4) is 0 Å². The van der Waals surface area contributed by atoms with E-state index in [4.69, 9.17) is 5.73 Å². The third-order valence-corrected chi connectivity index (χ3v) is 6.23. The van der Waals surface area contributed by atoms with Crippen LogP contribution in [-0.2, 0) is 14.4 Å². The van der Waals surface area contributed by atoms with Gasteiger partial charge in [0.2, 0.25) is 23.7 Å². The van der Waals surface area contributed by atoms with Crippen LogP contribution in [0, 0.1) is 19.8 Å². The maximum atomic E-state index is 13.0. The highest BCUT2D eigenvalue weighted by atomic mass is 16.2. The van der Waals surface area contributed by atoms with Gasteiger partial charge in [-0.15, -0.1) is 0 Å². The molecular formula is C22H26N6O4. The number of aryl methyl sites for hydroxylation is 2. The summed E-state index contributed by atoms with van der Waals surface area (Å²) < 4.78 is 0. The fourth-order valence-corrected chi connectivity index (χ4v) is 4.16. The number of nitrogens with one attached hydrogen (secondary N) is 3. The van der Waals surface area contributed by atoms with Gasteiger partial charge in [0, 0.05) is 31.1 Å². The van der Waals surface area contributed by atoms with Gasteiger partial charge in [0.05, 0.1) is 11.5 Å². The lowest BCUT2D eigenvalue weighted by atomic mass is 9.92. The molecule has 0 bridgehead atoms. The molecule has 1 saturated heterocycles. The van der Waals surface area contributed by atoms with Crippen LogP contribution in [0.1, 0.15) is 41.9 Å². The molecule has 0 aliphatic carbocycles. The van der Waals surface area contributed by atoms with E-state index in [1.165, 1.54) is 0 Å². The topological polar surface area (TPSA) is 150 Å². The molecule has 1 fully saturated rings. The average molecular weight is 438 g/mol. The number of primary amides is 1. The normalized spacial score (nSPS) is 18.6. The zero-order valence-electron chi connectivity index (χ0n) is 18.0. The van der Waals surface area contributed by atoms with Crippen LogP contribution in [0.5, 0.6) is 0 Å². The van der Waals surface area contributed by atoms with Gasteiger partial charge in [-0.25, -0.2) is 0 Å². The molecule has 1 atom stereocenters. The Morgan fingerprint density at radius 2 is 1.88 bits per heavy atom. The highest BCUT2D eigenvalue weighted by Gasteiger charge is 2.35. The number of piperidine rings is 1. The number of nitrogens with zero attached hydrogens (tertiary/aromatic N) is 2. The molecule has 3 amide bonds. The Morgan fingerprint density at radius 3 is 2.53 bits per heavy atom. The third kappa shape index (κ3) is 4.20. The van der Waals surface area contributed by atoms with Gasteiger partial charge in [-0.2, -0.15) is 4.98 Å². The van der Waals surface area contributed by atoms with Gasteiger partial charge in [-0.05, 0) is 49.9 Å². The van der Waals surface area contributed by atoms with Crippen molar-refractivity contribution in [3.05, 3.63) is 45.2 Å². The predicted molar refractivity (Wildman–Crippen MR) is 120 cm³/mol. The summed E-state index contributed by atoms with van der Waals surface area (Å²) in [4.78, 5) is 58.6. The Balaban J connectivity index is 1.59. The number of amides is 3. The standard InChI is InChI=1S/C22H26N6O4/c1-11-3-4-14(9-12(11)2)24-20(31)15-10-16(29)25-19-17(15)21(32)27-22(26-19)28-7-5-13(6-8-28)18(23)30/h3-4,9,13,15H,5-8,10H2,1-2H3,(H2,23,30)(H,24,31)(H2,25,26,27,29,32)/t15-/m1/s1. The van der Waals surface area contributed by atoms with Crippen molar-refractivity contribution in [1.29, 1.82) is 0 Å². The van der Waals surface area contributed by atoms with Gasteiger partial charge >= 0.3 is 0 Å². The van der Waals surface area contributed by atoms with Crippen LogP contribution in [0.25, 0.3) is 0 Å². The molecule has 0 radical (unpaired) electrons. The first-order valence-corrected chi connectivity index (χ1v) is 10.6. The first-order valence-electron chi connectivity index (χ1n) is 10.6. The highest BCUT2D eigenvalue weighted by Crippen LogP contribution is 2.31. The van der Waals surface area contributed by atoms with Crippen LogP contribution in [0.3, 0.4) is 0 Å². The number of carbonyl (C=O) groups excluding carboxylic acids is 3. The fraction of sp³-hybridized carbons (Fsp3) is 0.409. The lowest BCUT2D eigenvalue weighted by molar-refractivity contribution is -0.123. The van der Waals surface area contributed by atoms with Gasteiger partial charge in [0.15, 0.2) is 0 Å². The maximum Gasteiger partial charge on any atom is 0.258 e. The van der Waals surface area contributed by atoms with E-state index in [2.05, 4.69) is 20.6 Å². The number of carbonyl (C=O) groups is 3. The number of aromatic amines is 1. The molecule has 1 aromatic carbocycles. The Bertz CT molecular complexity index is 1150. The number of aromatic nitrogens is 2. The predicted octanol–water partition coefficient (Wildman–Crippen LogP) is 1.15. The van der Waals surface area contributed by atoms with Crippen molar-refractivity contribution in [2.45, 2.75) is 39.0 Å². The number of nitrogens with two attached hydrogens (primary N) is 1. The van der Waals surface area contributed by atoms with Crippen LogP contribution in [0.2, 0.25) is 0 Å². The zero-order chi connectivity index (χ0) is 23.0. The smallest absolute Gasteiger partial charge is 0.258 e. The fourth-order valence-electron chi connectivity index (χ4n) is 4.16. The van der Waals surface area contributed by atoms with Gasteiger partial charge < -0.3 is 21.3 Å². The first kappa shape index (κ1) is 21.5. The quantitative estimate of drug-likeness (QED) is 0.562. The Hall–Kier alpha value is -3.69. The van der Waals surface area contributed by atoms with Crippen molar-refractivity contribution in [3.63, 3.8) is 0 Å². The summed E-state index contributed by atoms with van der Waals surface area (Å²) in [7, 11) is 0. The van der Waals surface area contributed by atoms with Crippen molar-refractivity contribution < 1.29 is 14.4 Å². The van der Waals surface area contributed by atoms with Crippen LogP contribution >= 0.6 is 0 Å². The summed E-state index contributed by atoms with van der Waals surface area (Å²) in [5.74, 6) is -1.91. The summed E-state index contributed by atoms with van der Waals surface area (Å²) in [6, 6.07) is 5.53. The lowest BCUT2D eigenvalue weighted by Crippen LogP contribution is -2.41. The van der Waals surface area contributed by atoms with Crippen molar-refractivity contribution in [1.82, 2.24) is 9.97 Å². The van der Waals surface area contributed by atoms with Crippen LogP contribution in [0.4, 0.5) is 17.5 Å². The molecule has 0 spiro atoms. The second-order valence-electron chi connectivity index (χ2n) is 8.41. The van der Waals surface area contributed by atoms with Crippen molar-refractivity contribution in [2.24, 2.45) is 11.7 Å². The van der Waals surface area contributed by atoms with E-state index < -0.39 is 17.4 Å². The number of anilines is 3. The minimum absolute atomic E-state index is 0.0947. The van der Waals surface area contributed by atoms with Gasteiger partial charge in [-0.1, -0.05) is 6.07 Å². The molecule has 2 aliphatic rings. The zero-order valence-corrected chi connectivity index (χ0v) is 18.0. The van der Waals surface area contributed by atoms with E-state index in [0.717, 1.165) is 11.1 Å². The second kappa shape index (κ2) is 8.45. The Labute approximate surface area is 184 Å². The first-order chi connectivity index (χ1) is 15.2. The SMILES string of the molecule is Cc1ccc(NC(=O)[C@@H]2CC(=O)Nc3nc(N4CCC(C(N)=O)CC4)[nH]c(=O)c32)cc1C. The average Bonchev–Trinajstić information content (AvgIpc) is 2.75. The molecule has 2 aromatic rings. The van der Waals surface area contributed by atoms with Crippen molar-refractivity contribution in [2.75, 3.05) is 28.6 Å². The van der Waals surface area contributed by atoms with E-state index in [9.17, 15) is 19.2 Å². The van der Waals surface area contributed by atoms with Gasteiger partial charge in [0.1, 0.15) is 5.82 Å².